The molecule has 1 heterocycles. The fourth-order valence-electron chi connectivity index (χ4n) is 1.45. The largest absolute Gasteiger partial charge is 0.398 e. The van der Waals surface area contributed by atoms with Crippen molar-refractivity contribution in [3.8, 4) is 11.4 Å². The molecule has 6 nitrogen and oxygen atoms in total. The van der Waals surface area contributed by atoms with Gasteiger partial charge in [0.05, 0.1) is 17.6 Å². The average Bonchev–Trinajstić information content (AvgIpc) is 2.78. The summed E-state index contributed by atoms with van der Waals surface area (Å²) in [6, 6.07) is 5.59. The quantitative estimate of drug-likeness (QED) is 0.862. The SMILES string of the molecule is COCCn1nnnc1-c1cccc(N)c1Br. The molecule has 0 saturated carbocycles. The maximum atomic E-state index is 5.83. The summed E-state index contributed by atoms with van der Waals surface area (Å²) < 4.78 is 7.49. The highest BCUT2D eigenvalue weighted by molar-refractivity contribution is 9.10. The molecular weight excluding hydrogens is 286 g/mol. The number of hydrogen-bond acceptors (Lipinski definition) is 5. The lowest BCUT2D eigenvalue weighted by molar-refractivity contribution is 0.183. The standard InChI is InChI=1S/C10H12BrN5O/c1-17-6-5-16-10(13-14-15-16)7-3-2-4-8(12)9(7)11/h2-4H,5-6,12H2,1H3. The summed E-state index contributed by atoms with van der Waals surface area (Å²) >= 11 is 3.44. The van der Waals surface area contributed by atoms with E-state index < -0.39 is 0 Å². The first-order valence-corrected chi connectivity index (χ1v) is 5.83. The highest BCUT2D eigenvalue weighted by Crippen LogP contribution is 2.30. The van der Waals surface area contributed by atoms with Gasteiger partial charge in [-0.2, -0.15) is 0 Å². The van der Waals surface area contributed by atoms with Crippen LogP contribution in [0.5, 0.6) is 0 Å². The Morgan fingerprint density at radius 2 is 2.29 bits per heavy atom. The van der Waals surface area contributed by atoms with E-state index in [1.54, 1.807) is 11.8 Å². The molecule has 0 aliphatic heterocycles. The highest BCUT2D eigenvalue weighted by Gasteiger charge is 2.13. The summed E-state index contributed by atoms with van der Waals surface area (Å²) in [5.74, 6) is 0.668. The van der Waals surface area contributed by atoms with Gasteiger partial charge in [-0.25, -0.2) is 4.68 Å². The smallest absolute Gasteiger partial charge is 0.183 e. The number of nitrogens with two attached hydrogens (primary N) is 1. The number of hydrogen-bond donors (Lipinski definition) is 1. The molecule has 2 N–H and O–H groups in total. The number of benzene rings is 1. The number of methoxy groups -OCH3 is 1. The minimum atomic E-state index is 0.554. The van der Waals surface area contributed by atoms with E-state index in [4.69, 9.17) is 10.5 Å². The van der Waals surface area contributed by atoms with Crippen LogP contribution in [0.4, 0.5) is 5.69 Å². The van der Waals surface area contributed by atoms with Crippen molar-refractivity contribution < 1.29 is 4.74 Å². The second-order valence-corrected chi connectivity index (χ2v) is 4.22. The molecule has 1 aromatic carbocycles. The number of ether oxygens (including phenoxy) is 1. The molecule has 2 rings (SSSR count). The zero-order valence-electron chi connectivity index (χ0n) is 9.30. The molecule has 0 fully saturated rings. The van der Waals surface area contributed by atoms with Crippen LogP contribution in [-0.2, 0) is 11.3 Å². The molecular formula is C10H12BrN5O. The predicted octanol–water partition coefficient (Wildman–Crippen LogP) is 1.33. The van der Waals surface area contributed by atoms with Crippen LogP contribution >= 0.6 is 15.9 Å². The Morgan fingerprint density at radius 1 is 1.47 bits per heavy atom. The Morgan fingerprint density at radius 3 is 3.06 bits per heavy atom. The lowest BCUT2D eigenvalue weighted by atomic mass is 10.2. The van der Waals surface area contributed by atoms with Crippen molar-refractivity contribution in [1.82, 2.24) is 20.2 Å². The first-order valence-electron chi connectivity index (χ1n) is 5.03. The van der Waals surface area contributed by atoms with Crippen LogP contribution in [0, 0.1) is 0 Å². The Labute approximate surface area is 107 Å². The summed E-state index contributed by atoms with van der Waals surface area (Å²) in [5.41, 5.74) is 7.35. The summed E-state index contributed by atoms with van der Waals surface area (Å²) in [6.07, 6.45) is 0. The van der Waals surface area contributed by atoms with Gasteiger partial charge in [0.25, 0.3) is 0 Å². The van der Waals surface area contributed by atoms with Gasteiger partial charge in [0.1, 0.15) is 0 Å². The van der Waals surface area contributed by atoms with E-state index in [1.165, 1.54) is 0 Å². The lowest BCUT2D eigenvalue weighted by Crippen LogP contribution is -2.08. The number of tetrazole rings is 1. The summed E-state index contributed by atoms with van der Waals surface area (Å²) in [6.45, 7) is 1.15. The molecule has 0 bridgehead atoms. The fourth-order valence-corrected chi connectivity index (χ4v) is 1.89. The third kappa shape index (κ3) is 2.45. The molecule has 0 unspecified atom stereocenters. The Hall–Kier alpha value is -1.47. The lowest BCUT2D eigenvalue weighted by Gasteiger charge is -2.07. The van der Waals surface area contributed by atoms with Crippen LogP contribution in [0.2, 0.25) is 0 Å². The normalized spacial score (nSPS) is 10.7. The van der Waals surface area contributed by atoms with E-state index in [-0.39, 0.29) is 0 Å². The molecule has 7 heteroatoms. The summed E-state index contributed by atoms with van der Waals surface area (Å²) in [7, 11) is 1.64. The Bertz CT molecular complexity index is 513. The van der Waals surface area contributed by atoms with Crippen molar-refractivity contribution in [2.45, 2.75) is 6.54 Å². The molecule has 1 aromatic heterocycles. The number of anilines is 1. The molecule has 0 radical (unpaired) electrons. The Kier molecular flexibility index (Phi) is 3.70. The molecule has 90 valence electrons. The summed E-state index contributed by atoms with van der Waals surface area (Å²) in [5, 5.41) is 11.6. The zero-order valence-corrected chi connectivity index (χ0v) is 10.9. The molecule has 0 saturated heterocycles. The van der Waals surface area contributed by atoms with E-state index in [0.29, 0.717) is 24.7 Å². The number of rotatable bonds is 4. The predicted molar refractivity (Wildman–Crippen MR) is 67.2 cm³/mol. The minimum Gasteiger partial charge on any atom is -0.398 e. The molecule has 2 aromatic rings. The van der Waals surface area contributed by atoms with Gasteiger partial charge < -0.3 is 10.5 Å². The van der Waals surface area contributed by atoms with Gasteiger partial charge in [-0.05, 0) is 38.5 Å². The molecule has 0 aliphatic rings. The molecule has 0 spiro atoms. The number of nitrogens with zero attached hydrogens (tertiary/aromatic N) is 4. The van der Waals surface area contributed by atoms with Gasteiger partial charge in [-0.1, -0.05) is 6.07 Å². The van der Waals surface area contributed by atoms with Gasteiger partial charge in [0.15, 0.2) is 5.82 Å². The Balaban J connectivity index is 2.39. The molecule has 0 atom stereocenters. The summed E-state index contributed by atoms with van der Waals surface area (Å²) in [4.78, 5) is 0. The van der Waals surface area contributed by atoms with Gasteiger partial charge >= 0.3 is 0 Å². The number of aromatic nitrogens is 4. The maximum Gasteiger partial charge on any atom is 0.183 e. The van der Waals surface area contributed by atoms with Crippen molar-refractivity contribution in [3.05, 3.63) is 22.7 Å². The third-order valence-corrected chi connectivity index (χ3v) is 3.19. The van der Waals surface area contributed by atoms with Gasteiger partial charge in [0, 0.05) is 18.4 Å². The zero-order chi connectivity index (χ0) is 12.3. The van der Waals surface area contributed by atoms with Crippen molar-refractivity contribution in [1.29, 1.82) is 0 Å². The molecule has 0 amide bonds. The van der Waals surface area contributed by atoms with Gasteiger partial charge in [0.2, 0.25) is 0 Å². The van der Waals surface area contributed by atoms with E-state index >= 15 is 0 Å². The van der Waals surface area contributed by atoms with E-state index in [2.05, 4.69) is 31.5 Å². The van der Waals surface area contributed by atoms with Gasteiger partial charge in [-0.15, -0.1) is 5.10 Å². The van der Waals surface area contributed by atoms with Gasteiger partial charge in [-0.3, -0.25) is 0 Å². The molecule has 17 heavy (non-hydrogen) atoms. The van der Waals surface area contributed by atoms with Crippen molar-refractivity contribution in [2.24, 2.45) is 0 Å². The number of halogens is 1. The monoisotopic (exact) mass is 297 g/mol. The van der Waals surface area contributed by atoms with Crippen LogP contribution in [0.25, 0.3) is 11.4 Å². The van der Waals surface area contributed by atoms with Crippen molar-refractivity contribution >= 4 is 21.6 Å². The second-order valence-electron chi connectivity index (χ2n) is 3.43. The highest BCUT2D eigenvalue weighted by atomic mass is 79.9. The molecule has 0 aliphatic carbocycles. The van der Waals surface area contributed by atoms with E-state index in [0.717, 1.165) is 10.0 Å². The third-order valence-electron chi connectivity index (χ3n) is 2.31. The number of nitrogen functional groups attached to an aromatic ring is 1. The van der Waals surface area contributed by atoms with Crippen LogP contribution < -0.4 is 5.73 Å². The van der Waals surface area contributed by atoms with Crippen LogP contribution in [0.3, 0.4) is 0 Å². The average molecular weight is 298 g/mol. The first kappa shape index (κ1) is 12.0. The first-order chi connectivity index (χ1) is 8.24. The van der Waals surface area contributed by atoms with E-state index in [9.17, 15) is 0 Å². The van der Waals surface area contributed by atoms with Crippen molar-refractivity contribution in [3.63, 3.8) is 0 Å². The van der Waals surface area contributed by atoms with Crippen LogP contribution in [0.1, 0.15) is 0 Å². The fraction of sp³-hybridized carbons (Fsp3) is 0.300. The maximum absolute atomic E-state index is 5.83. The second kappa shape index (κ2) is 5.24. The van der Waals surface area contributed by atoms with Crippen LogP contribution in [0.15, 0.2) is 22.7 Å². The van der Waals surface area contributed by atoms with Crippen LogP contribution in [-0.4, -0.2) is 33.9 Å². The topological polar surface area (TPSA) is 78.8 Å². The van der Waals surface area contributed by atoms with Crippen molar-refractivity contribution in [2.75, 3.05) is 19.5 Å². The minimum absolute atomic E-state index is 0.554. The van der Waals surface area contributed by atoms with E-state index in [1.807, 2.05) is 18.2 Å².